The zero-order valence-corrected chi connectivity index (χ0v) is 16.4. The van der Waals surface area contributed by atoms with Crippen molar-refractivity contribution in [2.75, 3.05) is 58.5 Å². The Morgan fingerprint density at radius 3 is 2.37 bits per heavy atom. The number of amides is 1. The number of rotatable bonds is 5. The first-order valence-corrected chi connectivity index (χ1v) is 9.72. The summed E-state index contributed by atoms with van der Waals surface area (Å²) in [7, 11) is 3.30. The first-order chi connectivity index (χ1) is 13.1. The molecule has 2 aliphatic heterocycles. The molecule has 1 amide bonds. The van der Waals surface area contributed by atoms with Crippen LogP contribution in [0.4, 0.5) is 5.69 Å². The quantitative estimate of drug-likeness (QED) is 0.838. The number of anilines is 1. The van der Waals surface area contributed by atoms with Crippen molar-refractivity contribution in [2.45, 2.75) is 25.3 Å². The molecule has 1 aromatic carbocycles. The molecule has 2 saturated heterocycles. The molecule has 0 aromatic heterocycles. The summed E-state index contributed by atoms with van der Waals surface area (Å²) in [5.41, 5.74) is 7.35. The van der Waals surface area contributed by atoms with Crippen molar-refractivity contribution in [3.63, 3.8) is 0 Å². The molecule has 2 aliphatic rings. The minimum atomic E-state index is -0.419. The number of nitrogens with two attached hydrogens (primary N) is 1. The topological polar surface area (TPSA) is 77.3 Å². The number of hydrogen-bond acceptors (Lipinski definition) is 6. The summed E-state index contributed by atoms with van der Waals surface area (Å²) < 4.78 is 16.1. The van der Waals surface area contributed by atoms with Crippen molar-refractivity contribution in [2.24, 2.45) is 11.7 Å². The third kappa shape index (κ3) is 4.84. The Morgan fingerprint density at radius 2 is 1.74 bits per heavy atom. The van der Waals surface area contributed by atoms with E-state index in [1.165, 1.54) is 0 Å². The lowest BCUT2D eigenvalue weighted by Crippen LogP contribution is -2.50. The highest BCUT2D eigenvalue weighted by Crippen LogP contribution is 2.29. The molecule has 0 bridgehead atoms. The SMILES string of the molecule is COc1cc(OC)cc(N2CCCN(C(=O)C(N)C3CCOCC3)CC2)c1. The van der Waals surface area contributed by atoms with Crippen LogP contribution in [0.15, 0.2) is 18.2 Å². The van der Waals surface area contributed by atoms with Crippen LogP contribution in [-0.4, -0.2) is 70.5 Å². The van der Waals surface area contributed by atoms with Gasteiger partial charge in [0.1, 0.15) is 11.5 Å². The lowest BCUT2D eigenvalue weighted by atomic mass is 9.91. The molecule has 0 aliphatic carbocycles. The Balaban J connectivity index is 1.64. The van der Waals surface area contributed by atoms with Crippen LogP contribution in [0, 0.1) is 5.92 Å². The maximum absolute atomic E-state index is 12.9. The number of methoxy groups -OCH3 is 2. The molecule has 7 nitrogen and oxygen atoms in total. The van der Waals surface area contributed by atoms with Gasteiger partial charge in [0, 0.05) is 63.3 Å². The van der Waals surface area contributed by atoms with Crippen molar-refractivity contribution in [1.82, 2.24) is 4.90 Å². The standard InChI is InChI=1S/C20H31N3O4/c1-25-17-12-16(13-18(14-17)26-2)22-6-3-7-23(9-8-22)20(24)19(21)15-4-10-27-11-5-15/h12-15,19H,3-11,21H2,1-2H3. The highest BCUT2D eigenvalue weighted by molar-refractivity contribution is 5.82. The van der Waals surface area contributed by atoms with Crippen LogP contribution in [0.5, 0.6) is 11.5 Å². The van der Waals surface area contributed by atoms with E-state index in [2.05, 4.69) is 4.90 Å². The third-order valence-corrected chi connectivity index (χ3v) is 5.57. The van der Waals surface area contributed by atoms with Gasteiger partial charge in [-0.05, 0) is 25.2 Å². The van der Waals surface area contributed by atoms with Gasteiger partial charge in [0.15, 0.2) is 0 Å². The van der Waals surface area contributed by atoms with Crippen LogP contribution < -0.4 is 20.1 Å². The monoisotopic (exact) mass is 377 g/mol. The van der Waals surface area contributed by atoms with Crippen LogP contribution >= 0.6 is 0 Å². The number of nitrogens with zero attached hydrogens (tertiary/aromatic N) is 2. The minimum Gasteiger partial charge on any atom is -0.497 e. The molecule has 2 heterocycles. The van der Waals surface area contributed by atoms with Crippen LogP contribution in [-0.2, 0) is 9.53 Å². The predicted molar refractivity (Wildman–Crippen MR) is 104 cm³/mol. The summed E-state index contributed by atoms with van der Waals surface area (Å²) in [6.45, 7) is 4.48. The molecule has 3 rings (SSSR count). The Bertz CT molecular complexity index is 611. The van der Waals surface area contributed by atoms with Crippen LogP contribution in [0.3, 0.4) is 0 Å². The molecule has 1 atom stereocenters. The summed E-state index contributed by atoms with van der Waals surface area (Å²) in [5.74, 6) is 1.84. The number of carbonyl (C=O) groups is 1. The molecule has 0 saturated carbocycles. The first-order valence-electron chi connectivity index (χ1n) is 9.72. The maximum atomic E-state index is 12.9. The Hall–Kier alpha value is -1.99. The van der Waals surface area contributed by atoms with Gasteiger partial charge in [-0.25, -0.2) is 0 Å². The summed E-state index contributed by atoms with van der Waals surface area (Å²) in [6, 6.07) is 5.46. The van der Waals surface area contributed by atoms with Crippen molar-refractivity contribution in [3.05, 3.63) is 18.2 Å². The van der Waals surface area contributed by atoms with Gasteiger partial charge in [0.05, 0.1) is 20.3 Å². The summed E-state index contributed by atoms with van der Waals surface area (Å²) in [4.78, 5) is 17.1. The van der Waals surface area contributed by atoms with Gasteiger partial charge in [-0.15, -0.1) is 0 Å². The second-order valence-corrected chi connectivity index (χ2v) is 7.21. The van der Waals surface area contributed by atoms with Gasteiger partial charge < -0.3 is 29.7 Å². The van der Waals surface area contributed by atoms with E-state index in [9.17, 15) is 4.79 Å². The second kappa shape index (κ2) is 9.28. The van der Waals surface area contributed by atoms with Gasteiger partial charge in [0.25, 0.3) is 0 Å². The van der Waals surface area contributed by atoms with E-state index < -0.39 is 6.04 Å². The van der Waals surface area contributed by atoms with Gasteiger partial charge in [-0.3, -0.25) is 4.79 Å². The highest BCUT2D eigenvalue weighted by Gasteiger charge is 2.30. The van der Waals surface area contributed by atoms with E-state index in [0.717, 1.165) is 56.1 Å². The van der Waals surface area contributed by atoms with Crippen LogP contribution in [0.2, 0.25) is 0 Å². The van der Waals surface area contributed by atoms with E-state index in [0.29, 0.717) is 19.8 Å². The fourth-order valence-electron chi connectivity index (χ4n) is 3.86. The summed E-state index contributed by atoms with van der Waals surface area (Å²) >= 11 is 0. The number of benzene rings is 1. The average molecular weight is 377 g/mol. The zero-order chi connectivity index (χ0) is 19.2. The van der Waals surface area contributed by atoms with Crippen LogP contribution in [0.25, 0.3) is 0 Å². The van der Waals surface area contributed by atoms with Crippen molar-refractivity contribution < 1.29 is 19.0 Å². The molecule has 0 spiro atoms. The lowest BCUT2D eigenvalue weighted by Gasteiger charge is -2.31. The Kier molecular flexibility index (Phi) is 6.79. The largest absolute Gasteiger partial charge is 0.497 e. The molecule has 0 radical (unpaired) electrons. The van der Waals surface area contributed by atoms with E-state index in [1.807, 2.05) is 23.1 Å². The second-order valence-electron chi connectivity index (χ2n) is 7.21. The van der Waals surface area contributed by atoms with E-state index >= 15 is 0 Å². The van der Waals surface area contributed by atoms with Gasteiger partial charge in [-0.1, -0.05) is 0 Å². The number of carbonyl (C=O) groups excluding carboxylic acids is 1. The van der Waals surface area contributed by atoms with Gasteiger partial charge in [-0.2, -0.15) is 0 Å². The van der Waals surface area contributed by atoms with Crippen molar-refractivity contribution in [1.29, 1.82) is 0 Å². The van der Waals surface area contributed by atoms with E-state index in [1.54, 1.807) is 14.2 Å². The van der Waals surface area contributed by atoms with Crippen molar-refractivity contribution >= 4 is 11.6 Å². The minimum absolute atomic E-state index is 0.0759. The Labute approximate surface area is 161 Å². The van der Waals surface area contributed by atoms with Gasteiger partial charge in [0.2, 0.25) is 5.91 Å². The molecule has 1 aromatic rings. The summed E-state index contributed by atoms with van der Waals surface area (Å²) in [5, 5.41) is 0. The fourth-order valence-corrected chi connectivity index (χ4v) is 3.86. The Morgan fingerprint density at radius 1 is 1.07 bits per heavy atom. The number of hydrogen-bond donors (Lipinski definition) is 1. The molecule has 2 N–H and O–H groups in total. The molecule has 150 valence electrons. The lowest BCUT2D eigenvalue weighted by molar-refractivity contribution is -0.134. The van der Waals surface area contributed by atoms with E-state index in [-0.39, 0.29) is 11.8 Å². The number of ether oxygens (including phenoxy) is 3. The first kappa shape index (κ1) is 19.8. The molecule has 7 heteroatoms. The molecule has 2 fully saturated rings. The van der Waals surface area contributed by atoms with Gasteiger partial charge >= 0.3 is 0 Å². The highest BCUT2D eigenvalue weighted by atomic mass is 16.5. The third-order valence-electron chi connectivity index (χ3n) is 5.57. The van der Waals surface area contributed by atoms with E-state index in [4.69, 9.17) is 19.9 Å². The smallest absolute Gasteiger partial charge is 0.239 e. The molecular formula is C20H31N3O4. The van der Waals surface area contributed by atoms with Crippen LogP contribution in [0.1, 0.15) is 19.3 Å². The van der Waals surface area contributed by atoms with Crippen molar-refractivity contribution in [3.8, 4) is 11.5 Å². The normalized spacial score (nSPS) is 20.1. The molecule has 1 unspecified atom stereocenters. The maximum Gasteiger partial charge on any atom is 0.239 e. The molecular weight excluding hydrogens is 346 g/mol. The zero-order valence-electron chi connectivity index (χ0n) is 16.4. The fraction of sp³-hybridized carbons (Fsp3) is 0.650. The predicted octanol–water partition coefficient (Wildman–Crippen LogP) is 1.50. The molecule has 27 heavy (non-hydrogen) atoms. The summed E-state index contributed by atoms with van der Waals surface area (Å²) in [6.07, 6.45) is 2.65. The average Bonchev–Trinajstić information content (AvgIpc) is 2.99.